The molecule has 0 saturated heterocycles. The van der Waals surface area contributed by atoms with Crippen molar-refractivity contribution in [3.05, 3.63) is 49.6 Å². The van der Waals surface area contributed by atoms with Crippen LogP contribution in [0, 0.1) is 0 Å². The fourth-order valence-electron chi connectivity index (χ4n) is 1.79. The van der Waals surface area contributed by atoms with E-state index in [2.05, 4.69) is 4.72 Å². The first-order valence-corrected chi connectivity index (χ1v) is 10.5. The van der Waals surface area contributed by atoms with Crippen molar-refractivity contribution in [2.24, 2.45) is 0 Å². The summed E-state index contributed by atoms with van der Waals surface area (Å²) < 4.78 is 32.0. The van der Waals surface area contributed by atoms with Crippen LogP contribution in [0.1, 0.15) is 16.6 Å². The third-order valence-electron chi connectivity index (χ3n) is 3.08. The first-order chi connectivity index (χ1) is 12.1. The number of ether oxygens (including phenoxy) is 1. The predicted molar refractivity (Wildman–Crippen MR) is 101 cm³/mol. The molecule has 0 spiro atoms. The number of carbonyl (C=O) groups is 2. The van der Waals surface area contributed by atoms with Gasteiger partial charge in [-0.3, -0.25) is 9.59 Å². The average molecular weight is 457 g/mol. The monoisotopic (exact) mass is 455 g/mol. The van der Waals surface area contributed by atoms with Gasteiger partial charge >= 0.3 is 5.97 Å². The summed E-state index contributed by atoms with van der Waals surface area (Å²) in [4.78, 5) is 24.0. The minimum Gasteiger partial charge on any atom is -0.456 e. The topological polar surface area (TPSA) is 89.5 Å². The van der Waals surface area contributed by atoms with Crippen LogP contribution in [0.25, 0.3) is 0 Å². The maximum Gasteiger partial charge on any atom is 0.324 e. The number of halogens is 3. The Bertz CT molecular complexity index is 943. The van der Waals surface area contributed by atoms with Crippen LogP contribution in [0.15, 0.2) is 35.2 Å². The van der Waals surface area contributed by atoms with E-state index in [0.717, 1.165) is 17.4 Å². The highest BCUT2D eigenvalue weighted by molar-refractivity contribution is 7.89. The highest BCUT2D eigenvalue weighted by Gasteiger charge is 2.24. The minimum atomic E-state index is -4.03. The molecule has 140 valence electrons. The van der Waals surface area contributed by atoms with E-state index >= 15 is 0 Å². The Hall–Kier alpha value is -1.16. The second kappa shape index (κ2) is 8.69. The van der Waals surface area contributed by atoms with Gasteiger partial charge in [0.15, 0.2) is 6.61 Å². The SMILES string of the molecule is C[C@@H](NS(=O)(=O)c1ccc(Cl)c(Cl)c1)C(=O)OCC(=O)c1ccc(Cl)s1. The number of Topliss-reactive ketones (excluding diaryl/α,β-unsaturated/α-hetero) is 1. The number of rotatable bonds is 7. The number of hydrogen-bond acceptors (Lipinski definition) is 6. The third kappa shape index (κ3) is 5.42. The van der Waals surface area contributed by atoms with Gasteiger partial charge in [0.05, 0.1) is 24.2 Å². The molecule has 0 unspecified atom stereocenters. The lowest BCUT2D eigenvalue weighted by Crippen LogP contribution is -2.40. The molecule has 1 heterocycles. The number of ketones is 1. The summed E-state index contributed by atoms with van der Waals surface area (Å²) >= 11 is 18.3. The van der Waals surface area contributed by atoms with E-state index in [1.165, 1.54) is 25.1 Å². The molecule has 0 aliphatic heterocycles. The molecule has 0 fully saturated rings. The van der Waals surface area contributed by atoms with Gasteiger partial charge in [-0.2, -0.15) is 4.72 Å². The van der Waals surface area contributed by atoms with E-state index in [0.29, 0.717) is 9.21 Å². The Kier molecular flexibility index (Phi) is 7.06. The molecule has 26 heavy (non-hydrogen) atoms. The second-order valence-corrected chi connectivity index (χ2v) is 9.30. The summed E-state index contributed by atoms with van der Waals surface area (Å²) in [5.41, 5.74) is 0. The number of hydrogen-bond donors (Lipinski definition) is 1. The molecule has 0 aliphatic rings. The molecule has 0 radical (unpaired) electrons. The Labute approximate surface area is 169 Å². The smallest absolute Gasteiger partial charge is 0.324 e. The van der Waals surface area contributed by atoms with Crippen LogP contribution in [-0.4, -0.2) is 32.8 Å². The molecule has 2 aromatic rings. The Morgan fingerprint density at radius 2 is 1.85 bits per heavy atom. The molecule has 0 aliphatic carbocycles. The summed E-state index contributed by atoms with van der Waals surface area (Å²) in [5.74, 6) is -1.33. The zero-order valence-corrected chi connectivity index (χ0v) is 17.1. The van der Waals surface area contributed by atoms with Gasteiger partial charge in [-0.25, -0.2) is 8.42 Å². The van der Waals surface area contributed by atoms with Crippen LogP contribution < -0.4 is 4.72 Å². The third-order valence-corrected chi connectivity index (χ3v) is 6.63. The molecule has 0 saturated carbocycles. The van der Waals surface area contributed by atoms with Gasteiger partial charge in [0.2, 0.25) is 15.8 Å². The van der Waals surface area contributed by atoms with Gasteiger partial charge in [0, 0.05) is 0 Å². The number of sulfonamides is 1. The summed E-state index contributed by atoms with van der Waals surface area (Å²) in [7, 11) is -4.03. The van der Waals surface area contributed by atoms with Crippen LogP contribution in [-0.2, 0) is 19.6 Å². The van der Waals surface area contributed by atoms with Crippen LogP contribution in [0.4, 0.5) is 0 Å². The molecule has 11 heteroatoms. The Morgan fingerprint density at radius 3 is 2.42 bits per heavy atom. The summed E-state index contributed by atoms with van der Waals surface area (Å²) in [6.07, 6.45) is 0. The molecule has 0 amide bonds. The molecular formula is C15H12Cl3NO5S2. The molecule has 1 aromatic carbocycles. The van der Waals surface area contributed by atoms with Crippen molar-refractivity contribution in [3.63, 3.8) is 0 Å². The zero-order chi connectivity index (χ0) is 19.5. The van der Waals surface area contributed by atoms with Crippen molar-refractivity contribution in [1.82, 2.24) is 4.72 Å². The first kappa shape index (κ1) is 21.1. The quantitative estimate of drug-likeness (QED) is 0.505. The minimum absolute atomic E-state index is 0.0602. The maximum absolute atomic E-state index is 12.3. The highest BCUT2D eigenvalue weighted by Crippen LogP contribution is 2.25. The molecule has 1 atom stereocenters. The molecule has 1 N–H and O–H groups in total. The molecular weight excluding hydrogens is 445 g/mol. The van der Waals surface area contributed by atoms with Crippen LogP contribution in [0.5, 0.6) is 0 Å². The number of carbonyl (C=O) groups excluding carboxylic acids is 2. The van der Waals surface area contributed by atoms with E-state index in [-0.39, 0.29) is 14.9 Å². The summed E-state index contributed by atoms with van der Waals surface area (Å²) in [6, 6.07) is 5.59. The van der Waals surface area contributed by atoms with Gasteiger partial charge < -0.3 is 4.74 Å². The molecule has 6 nitrogen and oxygen atoms in total. The van der Waals surface area contributed by atoms with Gasteiger partial charge in [-0.1, -0.05) is 34.8 Å². The van der Waals surface area contributed by atoms with Crippen molar-refractivity contribution < 1.29 is 22.7 Å². The first-order valence-electron chi connectivity index (χ1n) is 7.02. The van der Waals surface area contributed by atoms with E-state index in [9.17, 15) is 18.0 Å². The average Bonchev–Trinajstić information content (AvgIpc) is 3.00. The Balaban J connectivity index is 1.97. The molecule has 0 bridgehead atoms. The number of thiophene rings is 1. The lowest BCUT2D eigenvalue weighted by Gasteiger charge is -2.13. The van der Waals surface area contributed by atoms with Crippen molar-refractivity contribution in [3.8, 4) is 0 Å². The normalized spacial score (nSPS) is 12.6. The molecule has 1 aromatic heterocycles. The van der Waals surface area contributed by atoms with Gasteiger partial charge in [0.25, 0.3) is 0 Å². The lowest BCUT2D eigenvalue weighted by atomic mass is 10.3. The van der Waals surface area contributed by atoms with Crippen molar-refractivity contribution in [2.75, 3.05) is 6.61 Å². The van der Waals surface area contributed by atoms with Crippen molar-refractivity contribution in [1.29, 1.82) is 0 Å². The standard InChI is InChI=1S/C15H12Cl3NO5S2/c1-8(15(21)24-7-12(20)13-4-5-14(18)25-13)19-26(22,23)9-2-3-10(16)11(17)6-9/h2-6,8,19H,7H2,1H3/t8-/m1/s1. The van der Waals surface area contributed by atoms with Gasteiger partial charge in [-0.15, -0.1) is 11.3 Å². The second-order valence-electron chi connectivity index (χ2n) is 5.05. The highest BCUT2D eigenvalue weighted by atomic mass is 35.5. The lowest BCUT2D eigenvalue weighted by molar-refractivity contribution is -0.144. The summed E-state index contributed by atoms with van der Waals surface area (Å²) in [5, 5.41) is 0.259. The number of benzene rings is 1. The van der Waals surface area contributed by atoms with E-state index in [1.54, 1.807) is 6.07 Å². The summed E-state index contributed by atoms with van der Waals surface area (Å²) in [6.45, 7) is 0.776. The van der Waals surface area contributed by atoms with Crippen LogP contribution in [0.2, 0.25) is 14.4 Å². The van der Waals surface area contributed by atoms with E-state index in [1.807, 2.05) is 0 Å². The van der Waals surface area contributed by atoms with Crippen LogP contribution in [0.3, 0.4) is 0 Å². The number of nitrogens with one attached hydrogen (secondary N) is 1. The fourth-order valence-corrected chi connectivity index (χ4v) is 4.34. The Morgan fingerprint density at radius 1 is 1.15 bits per heavy atom. The predicted octanol–water partition coefficient (Wildman–Crippen LogP) is 3.80. The largest absolute Gasteiger partial charge is 0.456 e. The van der Waals surface area contributed by atoms with Gasteiger partial charge in [-0.05, 0) is 37.3 Å². The van der Waals surface area contributed by atoms with Crippen molar-refractivity contribution >= 4 is 67.9 Å². The van der Waals surface area contributed by atoms with Crippen LogP contribution >= 0.6 is 46.1 Å². The van der Waals surface area contributed by atoms with Gasteiger partial charge in [0.1, 0.15) is 6.04 Å². The maximum atomic E-state index is 12.3. The zero-order valence-electron chi connectivity index (χ0n) is 13.2. The number of esters is 1. The van der Waals surface area contributed by atoms with Crippen molar-refractivity contribution in [2.45, 2.75) is 17.9 Å². The fraction of sp³-hybridized carbons (Fsp3) is 0.200. The molecule has 2 rings (SSSR count). The van der Waals surface area contributed by atoms with E-state index < -0.39 is 34.4 Å². The van der Waals surface area contributed by atoms with E-state index in [4.69, 9.17) is 39.5 Å².